The molecule has 7 heteroatoms. The fourth-order valence-electron chi connectivity index (χ4n) is 1.37. The van der Waals surface area contributed by atoms with E-state index in [0.717, 1.165) is 0 Å². The van der Waals surface area contributed by atoms with Crippen LogP contribution in [0.1, 0.15) is 16.4 Å². The van der Waals surface area contributed by atoms with E-state index in [-0.39, 0.29) is 11.6 Å². The summed E-state index contributed by atoms with van der Waals surface area (Å²) in [6.07, 6.45) is 0. The summed E-state index contributed by atoms with van der Waals surface area (Å²) < 4.78 is 18.0. The number of hydrogen-bond donors (Lipinski definition) is 2. The van der Waals surface area contributed by atoms with E-state index in [1.165, 1.54) is 25.3 Å². The van der Waals surface area contributed by atoms with Crippen LogP contribution in [0.4, 0.5) is 10.1 Å². The van der Waals surface area contributed by atoms with Gasteiger partial charge in [-0.15, -0.1) is 5.10 Å². The van der Waals surface area contributed by atoms with Gasteiger partial charge in [-0.2, -0.15) is 0 Å². The standard InChI is InChI=1S/C11H11FN4O2/c1-6-13-10(16-15-6)11(17)14-7-3-4-8(12)9(5-7)18-2/h3-5H,1-2H3,(H,14,17)(H,13,15,16). The molecule has 0 radical (unpaired) electrons. The number of anilines is 1. The Bertz CT molecular complexity index is 582. The van der Waals surface area contributed by atoms with Crippen LogP contribution in [0.5, 0.6) is 5.75 Å². The first-order chi connectivity index (χ1) is 8.60. The lowest BCUT2D eigenvalue weighted by Gasteiger charge is -2.06. The second kappa shape index (κ2) is 4.82. The van der Waals surface area contributed by atoms with Gasteiger partial charge >= 0.3 is 0 Å². The van der Waals surface area contributed by atoms with E-state index < -0.39 is 11.7 Å². The smallest absolute Gasteiger partial charge is 0.295 e. The van der Waals surface area contributed by atoms with Crippen LogP contribution in [-0.2, 0) is 0 Å². The molecule has 1 heterocycles. The lowest BCUT2D eigenvalue weighted by atomic mass is 10.3. The molecule has 1 aromatic carbocycles. The average molecular weight is 250 g/mol. The van der Waals surface area contributed by atoms with Crippen molar-refractivity contribution in [3.63, 3.8) is 0 Å². The molecule has 1 aromatic heterocycles. The number of carbonyl (C=O) groups excluding carboxylic acids is 1. The number of nitrogens with one attached hydrogen (secondary N) is 2. The highest BCUT2D eigenvalue weighted by molar-refractivity contribution is 6.01. The fraction of sp³-hybridized carbons (Fsp3) is 0.182. The third kappa shape index (κ3) is 2.45. The van der Waals surface area contributed by atoms with E-state index in [2.05, 4.69) is 20.5 Å². The molecule has 0 aliphatic carbocycles. The van der Waals surface area contributed by atoms with Crippen molar-refractivity contribution in [2.45, 2.75) is 6.92 Å². The first-order valence-electron chi connectivity index (χ1n) is 5.14. The van der Waals surface area contributed by atoms with Gasteiger partial charge in [-0.05, 0) is 19.1 Å². The lowest BCUT2D eigenvalue weighted by Crippen LogP contribution is -2.13. The van der Waals surface area contributed by atoms with Crippen LogP contribution < -0.4 is 10.1 Å². The molecule has 0 aliphatic rings. The maximum Gasteiger partial charge on any atom is 0.295 e. The normalized spacial score (nSPS) is 10.2. The molecular weight excluding hydrogens is 239 g/mol. The quantitative estimate of drug-likeness (QED) is 0.865. The zero-order chi connectivity index (χ0) is 13.1. The van der Waals surface area contributed by atoms with E-state index in [9.17, 15) is 9.18 Å². The van der Waals surface area contributed by atoms with Gasteiger partial charge in [0.1, 0.15) is 5.82 Å². The highest BCUT2D eigenvalue weighted by Gasteiger charge is 2.12. The molecule has 94 valence electrons. The van der Waals surface area contributed by atoms with E-state index >= 15 is 0 Å². The number of aromatic nitrogens is 3. The van der Waals surface area contributed by atoms with Crippen molar-refractivity contribution in [2.24, 2.45) is 0 Å². The number of benzene rings is 1. The van der Waals surface area contributed by atoms with Crippen molar-refractivity contribution in [2.75, 3.05) is 12.4 Å². The summed E-state index contributed by atoms with van der Waals surface area (Å²) in [4.78, 5) is 15.6. The third-order valence-corrected chi connectivity index (χ3v) is 2.21. The maximum atomic E-state index is 13.2. The number of carbonyl (C=O) groups is 1. The number of hydrogen-bond acceptors (Lipinski definition) is 4. The van der Waals surface area contributed by atoms with Gasteiger partial charge in [0, 0.05) is 11.8 Å². The Hall–Kier alpha value is -2.44. The van der Waals surface area contributed by atoms with Gasteiger partial charge in [-0.3, -0.25) is 9.89 Å². The predicted molar refractivity (Wildman–Crippen MR) is 62.0 cm³/mol. The second-order valence-corrected chi connectivity index (χ2v) is 3.55. The maximum absolute atomic E-state index is 13.2. The van der Waals surface area contributed by atoms with E-state index in [1.54, 1.807) is 6.92 Å². The number of aromatic amines is 1. The molecule has 6 nitrogen and oxygen atoms in total. The summed E-state index contributed by atoms with van der Waals surface area (Å²) in [5, 5.41) is 8.82. The van der Waals surface area contributed by atoms with E-state index in [4.69, 9.17) is 4.74 Å². The monoisotopic (exact) mass is 250 g/mol. The van der Waals surface area contributed by atoms with Crippen LogP contribution in [0.15, 0.2) is 18.2 Å². The summed E-state index contributed by atoms with van der Waals surface area (Å²) in [7, 11) is 1.35. The molecule has 18 heavy (non-hydrogen) atoms. The Labute approximate surface area is 102 Å². The predicted octanol–water partition coefficient (Wildman–Crippen LogP) is 1.51. The van der Waals surface area contributed by atoms with Crippen LogP contribution in [-0.4, -0.2) is 28.2 Å². The SMILES string of the molecule is COc1cc(NC(=O)c2n[nH]c(C)n2)ccc1F. The molecule has 2 rings (SSSR count). The van der Waals surface area contributed by atoms with Crippen LogP contribution in [0, 0.1) is 12.7 Å². The number of methoxy groups -OCH3 is 1. The van der Waals surface area contributed by atoms with Gasteiger partial charge in [0.15, 0.2) is 11.6 Å². The summed E-state index contributed by atoms with van der Waals surface area (Å²) in [5.41, 5.74) is 0.403. The Morgan fingerprint density at radius 2 is 2.28 bits per heavy atom. The Kier molecular flexibility index (Phi) is 3.22. The highest BCUT2D eigenvalue weighted by atomic mass is 19.1. The van der Waals surface area contributed by atoms with E-state index in [0.29, 0.717) is 11.5 Å². The molecule has 0 spiro atoms. The molecule has 2 N–H and O–H groups in total. The summed E-state index contributed by atoms with van der Waals surface area (Å²) >= 11 is 0. The number of halogens is 1. The van der Waals surface area contributed by atoms with Gasteiger partial charge in [0.25, 0.3) is 5.91 Å². The molecule has 0 bridgehead atoms. The van der Waals surface area contributed by atoms with Crippen molar-refractivity contribution in [1.82, 2.24) is 15.2 Å². The van der Waals surface area contributed by atoms with Gasteiger partial charge < -0.3 is 10.1 Å². The van der Waals surface area contributed by atoms with Crippen LogP contribution >= 0.6 is 0 Å². The van der Waals surface area contributed by atoms with E-state index in [1.807, 2.05) is 0 Å². The molecule has 0 saturated carbocycles. The minimum Gasteiger partial charge on any atom is -0.494 e. The summed E-state index contributed by atoms with van der Waals surface area (Å²) in [6.45, 7) is 1.69. The van der Waals surface area contributed by atoms with Gasteiger partial charge in [0.2, 0.25) is 5.82 Å². The fourth-order valence-corrected chi connectivity index (χ4v) is 1.37. The summed E-state index contributed by atoms with van der Waals surface area (Å²) in [5.74, 6) is -0.358. The second-order valence-electron chi connectivity index (χ2n) is 3.55. The largest absolute Gasteiger partial charge is 0.494 e. The zero-order valence-corrected chi connectivity index (χ0v) is 9.82. The van der Waals surface area contributed by atoms with Gasteiger partial charge in [-0.1, -0.05) is 0 Å². The third-order valence-electron chi connectivity index (χ3n) is 2.21. The number of ether oxygens (including phenoxy) is 1. The van der Waals surface area contributed by atoms with Crippen LogP contribution in [0.3, 0.4) is 0 Å². The molecule has 0 aliphatic heterocycles. The number of H-pyrrole nitrogens is 1. The first kappa shape index (κ1) is 12.0. The van der Waals surface area contributed by atoms with Crippen molar-refractivity contribution in [1.29, 1.82) is 0 Å². The highest BCUT2D eigenvalue weighted by Crippen LogP contribution is 2.21. The van der Waals surface area contributed by atoms with Crippen LogP contribution in [0.25, 0.3) is 0 Å². The van der Waals surface area contributed by atoms with Gasteiger partial charge in [-0.25, -0.2) is 9.37 Å². The minimum atomic E-state index is -0.496. The number of aryl methyl sites for hydroxylation is 1. The zero-order valence-electron chi connectivity index (χ0n) is 9.82. The molecule has 0 atom stereocenters. The average Bonchev–Trinajstić information content (AvgIpc) is 2.78. The molecule has 0 saturated heterocycles. The molecule has 1 amide bonds. The number of rotatable bonds is 3. The first-order valence-corrected chi connectivity index (χ1v) is 5.14. The lowest BCUT2D eigenvalue weighted by molar-refractivity contribution is 0.101. The topological polar surface area (TPSA) is 79.9 Å². The van der Waals surface area contributed by atoms with Crippen molar-refractivity contribution >= 4 is 11.6 Å². The number of nitrogens with zero attached hydrogens (tertiary/aromatic N) is 2. The Morgan fingerprint density at radius 3 is 2.89 bits per heavy atom. The van der Waals surface area contributed by atoms with Gasteiger partial charge in [0.05, 0.1) is 7.11 Å². The molecule has 0 unspecified atom stereocenters. The molecule has 0 fully saturated rings. The van der Waals surface area contributed by atoms with Crippen LogP contribution in [0.2, 0.25) is 0 Å². The minimum absolute atomic E-state index is 0.0239. The van der Waals surface area contributed by atoms with Crippen molar-refractivity contribution < 1.29 is 13.9 Å². The van der Waals surface area contributed by atoms with Crippen molar-refractivity contribution in [3.8, 4) is 5.75 Å². The summed E-state index contributed by atoms with van der Waals surface area (Å²) in [6, 6.07) is 4.01. The number of amides is 1. The molecule has 2 aromatic rings. The Morgan fingerprint density at radius 1 is 1.50 bits per heavy atom. The molecular formula is C11H11FN4O2. The van der Waals surface area contributed by atoms with Crippen molar-refractivity contribution in [3.05, 3.63) is 35.7 Å². The Balaban J connectivity index is 2.16.